The summed E-state index contributed by atoms with van der Waals surface area (Å²) >= 11 is 1.58. The number of nitrogens with one attached hydrogen (secondary N) is 2. The first kappa shape index (κ1) is 18.3. The van der Waals surface area contributed by atoms with E-state index in [-0.39, 0.29) is 11.0 Å². The van der Waals surface area contributed by atoms with Crippen LogP contribution in [0.25, 0.3) is 0 Å². The third kappa shape index (κ3) is 3.86. The van der Waals surface area contributed by atoms with Crippen molar-refractivity contribution in [1.82, 2.24) is 9.55 Å². The van der Waals surface area contributed by atoms with Gasteiger partial charge in [0, 0.05) is 30.4 Å². The van der Waals surface area contributed by atoms with Gasteiger partial charge in [0.25, 0.3) is 10.0 Å². The normalized spacial score (nSPS) is 14.4. The summed E-state index contributed by atoms with van der Waals surface area (Å²) in [6.07, 6.45) is 2.84. The van der Waals surface area contributed by atoms with Gasteiger partial charge in [0.05, 0.1) is 30.4 Å². The molecule has 0 fully saturated rings. The highest BCUT2D eigenvalue weighted by molar-refractivity contribution is 8.00. The number of para-hydroxylation sites is 2. The minimum Gasteiger partial charge on any atom is -0.466 e. The van der Waals surface area contributed by atoms with Crippen LogP contribution in [-0.4, -0.2) is 42.6 Å². The van der Waals surface area contributed by atoms with E-state index in [1.165, 1.54) is 19.6 Å². The Morgan fingerprint density at radius 2 is 2.00 bits per heavy atom. The van der Waals surface area contributed by atoms with Crippen LogP contribution < -0.4 is 10.0 Å². The van der Waals surface area contributed by atoms with Gasteiger partial charge in [-0.15, -0.1) is 0 Å². The first-order valence-electron chi connectivity index (χ1n) is 7.65. The smallest absolute Gasteiger partial charge is 0.336 e. The first-order valence-corrected chi connectivity index (χ1v) is 10.3. The molecular weight excluding hydrogens is 376 g/mol. The van der Waals surface area contributed by atoms with Gasteiger partial charge in [0.15, 0.2) is 5.03 Å². The number of thioether (sulfide) groups is 1. The van der Waals surface area contributed by atoms with E-state index in [2.05, 4.69) is 15.0 Å². The van der Waals surface area contributed by atoms with Crippen molar-refractivity contribution in [3.05, 3.63) is 48.1 Å². The fourth-order valence-corrected chi connectivity index (χ4v) is 4.53. The summed E-state index contributed by atoms with van der Waals surface area (Å²) in [6.45, 7) is 0. The van der Waals surface area contributed by atoms with Crippen LogP contribution in [0.1, 0.15) is 0 Å². The summed E-state index contributed by atoms with van der Waals surface area (Å²) in [4.78, 5) is 15.7. The molecule has 0 atom stereocenters. The van der Waals surface area contributed by atoms with E-state index in [0.717, 1.165) is 0 Å². The van der Waals surface area contributed by atoms with Gasteiger partial charge in [-0.25, -0.2) is 9.78 Å². The summed E-state index contributed by atoms with van der Waals surface area (Å²) in [5.74, 6) is 0.784. The van der Waals surface area contributed by atoms with Crippen molar-refractivity contribution in [2.45, 2.75) is 5.03 Å². The largest absolute Gasteiger partial charge is 0.466 e. The van der Waals surface area contributed by atoms with Crippen molar-refractivity contribution in [3.63, 3.8) is 0 Å². The van der Waals surface area contributed by atoms with Gasteiger partial charge < -0.3 is 14.6 Å². The Balaban J connectivity index is 1.88. The zero-order valence-corrected chi connectivity index (χ0v) is 15.9. The zero-order chi connectivity index (χ0) is 18.7. The average Bonchev–Trinajstić information content (AvgIpc) is 3.25. The SMILES string of the molecule is COC(=O)C1=C(Nc2ccccc2NS(=O)(=O)c2cn(C)cn2)CSC1. The molecule has 1 aliphatic rings. The van der Waals surface area contributed by atoms with Crippen molar-refractivity contribution in [3.8, 4) is 0 Å². The second-order valence-electron chi connectivity index (χ2n) is 5.59. The van der Waals surface area contributed by atoms with Crippen LogP contribution in [0.3, 0.4) is 0 Å². The number of imidazole rings is 1. The molecule has 2 N–H and O–H groups in total. The summed E-state index contributed by atoms with van der Waals surface area (Å²) in [5.41, 5.74) is 2.18. The highest BCUT2D eigenvalue weighted by Gasteiger charge is 2.24. The number of carbonyl (C=O) groups is 1. The lowest BCUT2D eigenvalue weighted by Crippen LogP contribution is -2.16. The minimum absolute atomic E-state index is 0.0688. The van der Waals surface area contributed by atoms with Gasteiger partial charge in [-0.05, 0) is 12.1 Å². The topological polar surface area (TPSA) is 102 Å². The van der Waals surface area contributed by atoms with Gasteiger partial charge in [0.2, 0.25) is 0 Å². The molecule has 0 unspecified atom stereocenters. The van der Waals surface area contributed by atoms with Crippen LogP contribution in [0, 0.1) is 0 Å². The van der Waals surface area contributed by atoms with Crippen molar-refractivity contribution in [2.24, 2.45) is 7.05 Å². The van der Waals surface area contributed by atoms with Crippen LogP contribution in [0.4, 0.5) is 11.4 Å². The Kier molecular flexibility index (Phi) is 5.23. The number of aryl methyl sites for hydroxylation is 1. The summed E-state index contributed by atoms with van der Waals surface area (Å²) in [7, 11) is -0.785. The van der Waals surface area contributed by atoms with E-state index in [0.29, 0.717) is 34.2 Å². The quantitative estimate of drug-likeness (QED) is 0.720. The number of aromatic nitrogens is 2. The molecule has 1 aliphatic heterocycles. The highest BCUT2D eigenvalue weighted by Crippen LogP contribution is 2.30. The molecule has 0 aliphatic carbocycles. The molecule has 0 bridgehead atoms. The third-order valence-corrected chi connectivity index (χ3v) is 5.94. The molecule has 3 rings (SSSR count). The van der Waals surface area contributed by atoms with Crippen molar-refractivity contribution >= 4 is 39.1 Å². The van der Waals surface area contributed by atoms with Gasteiger partial charge in [-0.1, -0.05) is 12.1 Å². The number of benzene rings is 1. The molecule has 0 saturated heterocycles. The number of ether oxygens (including phenoxy) is 1. The Morgan fingerprint density at radius 1 is 1.27 bits per heavy atom. The fraction of sp³-hybridized carbons (Fsp3) is 0.250. The van der Waals surface area contributed by atoms with Gasteiger partial charge in [-0.3, -0.25) is 4.72 Å². The molecule has 10 heteroatoms. The number of rotatable bonds is 6. The fourth-order valence-electron chi connectivity index (χ4n) is 2.41. The number of esters is 1. The van der Waals surface area contributed by atoms with Crippen molar-refractivity contribution < 1.29 is 17.9 Å². The Bertz CT molecular complexity index is 966. The number of anilines is 2. The van der Waals surface area contributed by atoms with Crippen LogP contribution in [0.2, 0.25) is 0 Å². The second kappa shape index (κ2) is 7.42. The van der Waals surface area contributed by atoms with Crippen molar-refractivity contribution in [2.75, 3.05) is 28.7 Å². The minimum atomic E-state index is -3.82. The molecule has 8 nitrogen and oxygen atoms in total. The highest BCUT2D eigenvalue weighted by atomic mass is 32.2. The second-order valence-corrected chi connectivity index (χ2v) is 8.21. The van der Waals surface area contributed by atoms with E-state index in [4.69, 9.17) is 4.74 Å². The van der Waals surface area contributed by atoms with E-state index in [1.54, 1.807) is 47.6 Å². The van der Waals surface area contributed by atoms with Crippen LogP contribution >= 0.6 is 11.8 Å². The van der Waals surface area contributed by atoms with E-state index < -0.39 is 10.0 Å². The van der Waals surface area contributed by atoms with Crippen LogP contribution in [0.5, 0.6) is 0 Å². The molecule has 2 aromatic rings. The lowest BCUT2D eigenvalue weighted by atomic mass is 10.2. The number of nitrogens with zero attached hydrogens (tertiary/aromatic N) is 2. The lowest BCUT2D eigenvalue weighted by Gasteiger charge is -2.14. The molecule has 0 spiro atoms. The third-order valence-electron chi connectivity index (χ3n) is 3.70. The molecule has 0 amide bonds. The predicted octanol–water partition coefficient (Wildman–Crippen LogP) is 1.81. The Labute approximate surface area is 155 Å². The van der Waals surface area contributed by atoms with Gasteiger partial charge in [0.1, 0.15) is 0 Å². The summed E-state index contributed by atoms with van der Waals surface area (Å²) < 4.78 is 33.9. The summed E-state index contributed by atoms with van der Waals surface area (Å²) in [6, 6.07) is 6.88. The number of methoxy groups -OCH3 is 1. The molecule has 1 aromatic carbocycles. The van der Waals surface area contributed by atoms with Crippen LogP contribution in [-0.2, 0) is 26.6 Å². The molecule has 0 saturated carbocycles. The number of hydrogen-bond acceptors (Lipinski definition) is 7. The number of carbonyl (C=O) groups excluding carboxylic acids is 1. The summed E-state index contributed by atoms with van der Waals surface area (Å²) in [5, 5.41) is 3.09. The molecule has 26 heavy (non-hydrogen) atoms. The maximum Gasteiger partial charge on any atom is 0.336 e. The predicted molar refractivity (Wildman–Crippen MR) is 100 cm³/mol. The average molecular weight is 394 g/mol. The maximum absolute atomic E-state index is 12.5. The number of sulfonamides is 1. The first-order chi connectivity index (χ1) is 12.4. The molecule has 2 heterocycles. The van der Waals surface area contributed by atoms with E-state index in [9.17, 15) is 13.2 Å². The molecule has 1 aromatic heterocycles. The Morgan fingerprint density at radius 3 is 2.65 bits per heavy atom. The Hall–Kier alpha value is -2.46. The van der Waals surface area contributed by atoms with E-state index in [1.807, 2.05) is 0 Å². The lowest BCUT2D eigenvalue weighted by molar-refractivity contribution is -0.136. The van der Waals surface area contributed by atoms with Gasteiger partial charge >= 0.3 is 5.97 Å². The van der Waals surface area contributed by atoms with Crippen molar-refractivity contribution in [1.29, 1.82) is 0 Å². The maximum atomic E-state index is 12.5. The van der Waals surface area contributed by atoms with Gasteiger partial charge in [-0.2, -0.15) is 20.2 Å². The standard InChI is InChI=1S/C16H18N4O4S2/c1-20-7-15(17-10-20)26(22,23)19-13-6-4-3-5-12(13)18-14-9-25-8-11(14)16(21)24-2/h3-7,10,18-19H,8-9H2,1-2H3. The molecular formula is C16H18N4O4S2. The monoisotopic (exact) mass is 394 g/mol. The number of hydrogen-bond donors (Lipinski definition) is 2. The van der Waals surface area contributed by atoms with E-state index >= 15 is 0 Å². The molecule has 138 valence electrons. The zero-order valence-electron chi connectivity index (χ0n) is 14.2. The van der Waals surface area contributed by atoms with Crippen LogP contribution in [0.15, 0.2) is 53.1 Å². The molecule has 0 radical (unpaired) electrons.